The highest BCUT2D eigenvalue weighted by Gasteiger charge is 2.36. The molecule has 0 unspecified atom stereocenters. The average molecular weight is 459 g/mol. The zero-order chi connectivity index (χ0) is 22.9. The molecule has 2 aromatic carbocycles. The summed E-state index contributed by atoms with van der Waals surface area (Å²) < 4.78 is 0. The van der Waals surface area contributed by atoms with Crippen LogP contribution in [0, 0.1) is 10.1 Å². The fraction of sp³-hybridized carbons (Fsp3) is 0.458. The van der Waals surface area contributed by atoms with Crippen molar-refractivity contribution in [3.05, 3.63) is 74.8 Å². The quantitative estimate of drug-likeness (QED) is 0.302. The molecule has 0 aliphatic carbocycles. The Bertz CT molecular complexity index is 906. The molecule has 0 spiro atoms. The van der Waals surface area contributed by atoms with E-state index in [0.29, 0.717) is 24.5 Å². The lowest BCUT2D eigenvalue weighted by Crippen LogP contribution is -2.43. The molecule has 8 heteroatoms. The summed E-state index contributed by atoms with van der Waals surface area (Å²) in [5.41, 5.74) is 2.04. The first-order valence-corrected chi connectivity index (χ1v) is 11.6. The first kappa shape index (κ1) is 24.2. The van der Waals surface area contributed by atoms with Crippen LogP contribution in [-0.4, -0.2) is 47.4 Å². The number of amides is 1. The van der Waals surface area contributed by atoms with E-state index in [9.17, 15) is 14.9 Å². The molecule has 1 fully saturated rings. The maximum atomic E-state index is 13.0. The zero-order valence-corrected chi connectivity index (χ0v) is 19.2. The van der Waals surface area contributed by atoms with E-state index in [1.54, 1.807) is 12.1 Å². The SMILES string of the molecule is CCCCN[C@H]1C[C@@H](C(=O)NCCc2ccc([N+](=O)[O-])cc2)N(Cc2ccccc2Cl)C1. The number of unbranched alkanes of at least 4 members (excludes halogenated alkanes) is 1. The smallest absolute Gasteiger partial charge is 0.269 e. The maximum Gasteiger partial charge on any atom is 0.269 e. The Kier molecular flexibility index (Phi) is 9.02. The van der Waals surface area contributed by atoms with Crippen molar-refractivity contribution >= 4 is 23.2 Å². The highest BCUT2D eigenvalue weighted by atomic mass is 35.5. The highest BCUT2D eigenvalue weighted by molar-refractivity contribution is 6.31. The lowest BCUT2D eigenvalue weighted by Gasteiger charge is -2.24. The molecule has 1 aliphatic rings. The molecular formula is C24H31ClN4O3. The van der Waals surface area contributed by atoms with Gasteiger partial charge in [0.2, 0.25) is 5.91 Å². The first-order chi connectivity index (χ1) is 15.5. The summed E-state index contributed by atoms with van der Waals surface area (Å²) in [5.74, 6) is 0.0127. The summed E-state index contributed by atoms with van der Waals surface area (Å²) in [7, 11) is 0. The zero-order valence-electron chi connectivity index (χ0n) is 18.4. The minimum Gasteiger partial charge on any atom is -0.354 e. The number of nitrogens with one attached hydrogen (secondary N) is 2. The van der Waals surface area contributed by atoms with Crippen molar-refractivity contribution in [2.45, 2.75) is 51.2 Å². The van der Waals surface area contributed by atoms with Crippen LogP contribution in [0.2, 0.25) is 5.02 Å². The lowest BCUT2D eigenvalue weighted by molar-refractivity contribution is -0.384. The van der Waals surface area contributed by atoms with E-state index in [4.69, 9.17) is 11.6 Å². The number of halogens is 1. The lowest BCUT2D eigenvalue weighted by atomic mass is 10.1. The molecule has 2 atom stereocenters. The summed E-state index contributed by atoms with van der Waals surface area (Å²) in [5, 5.41) is 18.1. The number of carbonyl (C=O) groups is 1. The van der Waals surface area contributed by atoms with Crippen molar-refractivity contribution in [2.75, 3.05) is 19.6 Å². The van der Waals surface area contributed by atoms with E-state index in [0.717, 1.165) is 43.5 Å². The second kappa shape index (κ2) is 11.9. The summed E-state index contributed by atoms with van der Waals surface area (Å²) in [6.07, 6.45) is 3.64. The molecule has 1 saturated heterocycles. The van der Waals surface area contributed by atoms with Crippen molar-refractivity contribution < 1.29 is 9.72 Å². The van der Waals surface area contributed by atoms with Gasteiger partial charge >= 0.3 is 0 Å². The van der Waals surface area contributed by atoms with Gasteiger partial charge in [-0.2, -0.15) is 0 Å². The topological polar surface area (TPSA) is 87.5 Å². The van der Waals surface area contributed by atoms with Crippen LogP contribution in [-0.2, 0) is 17.8 Å². The van der Waals surface area contributed by atoms with E-state index in [-0.39, 0.29) is 23.7 Å². The van der Waals surface area contributed by atoms with Crippen LogP contribution in [0.1, 0.15) is 37.3 Å². The average Bonchev–Trinajstić information content (AvgIpc) is 3.18. The van der Waals surface area contributed by atoms with E-state index >= 15 is 0 Å². The summed E-state index contributed by atoms with van der Waals surface area (Å²) in [6.45, 7) is 5.04. The van der Waals surface area contributed by atoms with Crippen molar-refractivity contribution in [3.63, 3.8) is 0 Å². The molecule has 0 bridgehead atoms. The third-order valence-electron chi connectivity index (χ3n) is 5.86. The fourth-order valence-electron chi connectivity index (χ4n) is 4.06. The van der Waals surface area contributed by atoms with Gasteiger partial charge in [0.15, 0.2) is 0 Å². The van der Waals surface area contributed by atoms with Gasteiger partial charge in [-0.15, -0.1) is 0 Å². The van der Waals surface area contributed by atoms with E-state index in [1.807, 2.05) is 24.3 Å². The van der Waals surface area contributed by atoms with Crippen LogP contribution in [0.15, 0.2) is 48.5 Å². The van der Waals surface area contributed by atoms with Gasteiger partial charge in [-0.3, -0.25) is 19.8 Å². The number of carbonyl (C=O) groups excluding carboxylic acids is 1. The molecule has 1 aliphatic heterocycles. The van der Waals surface area contributed by atoms with Crippen LogP contribution in [0.25, 0.3) is 0 Å². The van der Waals surface area contributed by atoms with Gasteiger partial charge in [-0.1, -0.05) is 55.3 Å². The maximum absolute atomic E-state index is 13.0. The van der Waals surface area contributed by atoms with Gasteiger partial charge in [0.25, 0.3) is 5.69 Å². The molecule has 1 heterocycles. The number of nitrogens with zero attached hydrogens (tertiary/aromatic N) is 2. The van der Waals surface area contributed by atoms with E-state index in [2.05, 4.69) is 22.5 Å². The summed E-state index contributed by atoms with van der Waals surface area (Å²) in [6, 6.07) is 14.3. The number of nitro benzene ring substituents is 1. The van der Waals surface area contributed by atoms with Crippen LogP contribution < -0.4 is 10.6 Å². The van der Waals surface area contributed by atoms with Crippen molar-refractivity contribution in [1.29, 1.82) is 0 Å². The third-order valence-corrected chi connectivity index (χ3v) is 6.23. The number of hydrogen-bond acceptors (Lipinski definition) is 5. The van der Waals surface area contributed by atoms with Crippen molar-refractivity contribution in [2.24, 2.45) is 0 Å². The summed E-state index contributed by atoms with van der Waals surface area (Å²) in [4.78, 5) is 25.6. The second-order valence-electron chi connectivity index (χ2n) is 8.24. The van der Waals surface area contributed by atoms with Gasteiger partial charge in [0.05, 0.1) is 11.0 Å². The highest BCUT2D eigenvalue weighted by Crippen LogP contribution is 2.24. The van der Waals surface area contributed by atoms with Crippen LogP contribution in [0.4, 0.5) is 5.69 Å². The van der Waals surface area contributed by atoms with Crippen LogP contribution in [0.3, 0.4) is 0 Å². The molecule has 3 rings (SSSR count). The molecule has 7 nitrogen and oxygen atoms in total. The Morgan fingerprint density at radius 3 is 2.62 bits per heavy atom. The van der Waals surface area contributed by atoms with Gasteiger partial charge in [-0.05, 0) is 43.0 Å². The number of benzene rings is 2. The standard InChI is InChI=1S/C24H31ClN4O3/c1-2-3-13-26-20-15-23(28(17-20)16-19-6-4-5-7-22(19)25)24(30)27-14-12-18-8-10-21(11-9-18)29(31)32/h4-11,20,23,26H,2-3,12-17H2,1H3,(H,27,30)/t20-,23-/m0/s1. The minimum absolute atomic E-state index is 0.0127. The minimum atomic E-state index is -0.413. The molecule has 2 N–H and O–H groups in total. The Balaban J connectivity index is 1.58. The van der Waals surface area contributed by atoms with Crippen molar-refractivity contribution in [1.82, 2.24) is 15.5 Å². The fourth-order valence-corrected chi connectivity index (χ4v) is 4.25. The Morgan fingerprint density at radius 1 is 1.19 bits per heavy atom. The predicted octanol–water partition coefficient (Wildman–Crippen LogP) is 3.94. The Hall–Kier alpha value is -2.48. The molecular weight excluding hydrogens is 428 g/mol. The Labute approximate surface area is 194 Å². The number of nitro groups is 1. The Morgan fingerprint density at radius 2 is 1.94 bits per heavy atom. The number of non-ortho nitro benzene ring substituents is 1. The molecule has 172 valence electrons. The monoisotopic (exact) mass is 458 g/mol. The number of rotatable bonds is 11. The number of likely N-dealkylation sites (tertiary alicyclic amines) is 1. The van der Waals surface area contributed by atoms with Gasteiger partial charge in [-0.25, -0.2) is 0 Å². The van der Waals surface area contributed by atoms with Gasteiger partial charge in [0, 0.05) is 42.8 Å². The molecule has 0 saturated carbocycles. The second-order valence-corrected chi connectivity index (χ2v) is 8.65. The largest absolute Gasteiger partial charge is 0.354 e. The van der Waals surface area contributed by atoms with Crippen LogP contribution >= 0.6 is 11.6 Å². The third kappa shape index (κ3) is 6.76. The van der Waals surface area contributed by atoms with E-state index in [1.165, 1.54) is 12.1 Å². The molecule has 2 aromatic rings. The predicted molar refractivity (Wildman–Crippen MR) is 127 cm³/mol. The molecule has 0 aromatic heterocycles. The molecule has 0 radical (unpaired) electrons. The number of hydrogen-bond donors (Lipinski definition) is 2. The molecule has 1 amide bonds. The van der Waals surface area contributed by atoms with Crippen molar-refractivity contribution in [3.8, 4) is 0 Å². The normalized spacial score (nSPS) is 18.6. The summed E-state index contributed by atoms with van der Waals surface area (Å²) >= 11 is 6.37. The van der Waals surface area contributed by atoms with Gasteiger partial charge < -0.3 is 10.6 Å². The van der Waals surface area contributed by atoms with Crippen LogP contribution in [0.5, 0.6) is 0 Å². The van der Waals surface area contributed by atoms with Gasteiger partial charge in [0.1, 0.15) is 0 Å². The van der Waals surface area contributed by atoms with E-state index < -0.39 is 4.92 Å². The first-order valence-electron chi connectivity index (χ1n) is 11.2. The molecule has 32 heavy (non-hydrogen) atoms.